The normalized spacial score (nSPS) is 15.6. The van der Waals surface area contributed by atoms with Gasteiger partial charge in [0.05, 0.1) is 18.8 Å². The van der Waals surface area contributed by atoms with E-state index in [0.717, 1.165) is 50.0 Å². The van der Waals surface area contributed by atoms with Gasteiger partial charge in [-0.15, -0.1) is 0 Å². The highest BCUT2D eigenvalue weighted by atomic mass is 16.5. The van der Waals surface area contributed by atoms with Gasteiger partial charge in [-0.2, -0.15) is 5.26 Å². The summed E-state index contributed by atoms with van der Waals surface area (Å²) >= 11 is 0. The highest BCUT2D eigenvalue weighted by molar-refractivity contribution is 5.56. The third-order valence-electron chi connectivity index (χ3n) is 4.74. The summed E-state index contributed by atoms with van der Waals surface area (Å²) in [5, 5.41) is 13.2. The molecule has 1 aromatic rings. The van der Waals surface area contributed by atoms with Gasteiger partial charge in [0.15, 0.2) is 0 Å². The Bertz CT molecular complexity index is 602. The number of unbranched alkanes of at least 4 members (excludes halogenated alkanes) is 3. The van der Waals surface area contributed by atoms with Crippen LogP contribution in [0, 0.1) is 11.3 Å². The number of rotatable bonds is 8. The Morgan fingerprint density at radius 1 is 1.17 bits per heavy atom. The maximum atomic E-state index is 9.76. The number of aromatic nitrogens is 1. The molecular weight excluding hydrogens is 298 g/mol. The van der Waals surface area contributed by atoms with Crippen LogP contribution in [0.15, 0.2) is 0 Å². The van der Waals surface area contributed by atoms with Crippen LogP contribution in [0.5, 0.6) is 0 Å². The number of aromatic amines is 1. The van der Waals surface area contributed by atoms with E-state index in [1.54, 1.807) is 0 Å². The van der Waals surface area contributed by atoms with E-state index in [1.807, 2.05) is 0 Å². The molecule has 1 aliphatic heterocycles. The van der Waals surface area contributed by atoms with Gasteiger partial charge in [-0.05, 0) is 38.7 Å². The molecule has 4 nitrogen and oxygen atoms in total. The third kappa shape index (κ3) is 4.48. The molecule has 0 unspecified atom stereocenters. The number of nitriles is 1. The number of ether oxygens (including phenoxy) is 1. The Morgan fingerprint density at radius 2 is 1.92 bits per heavy atom. The smallest absolute Gasteiger partial charge is 0.290 e. The molecule has 2 N–H and O–H groups in total. The second-order valence-corrected chi connectivity index (χ2v) is 7.39. The quantitative estimate of drug-likeness (QED) is 0.728. The van der Waals surface area contributed by atoms with Crippen molar-refractivity contribution in [3.63, 3.8) is 0 Å². The van der Waals surface area contributed by atoms with Gasteiger partial charge < -0.3 is 4.74 Å². The van der Waals surface area contributed by atoms with Gasteiger partial charge >= 0.3 is 0 Å². The van der Waals surface area contributed by atoms with Crippen molar-refractivity contribution in [3.8, 4) is 6.07 Å². The molecule has 2 rings (SSSR count). The summed E-state index contributed by atoms with van der Waals surface area (Å²) in [7, 11) is 0. The van der Waals surface area contributed by atoms with E-state index in [2.05, 4.69) is 44.1 Å². The van der Waals surface area contributed by atoms with Crippen LogP contribution in [-0.2, 0) is 24.2 Å². The number of pyridine rings is 1. The van der Waals surface area contributed by atoms with Crippen LogP contribution in [0.3, 0.4) is 0 Å². The van der Waals surface area contributed by atoms with Crippen molar-refractivity contribution in [1.29, 1.82) is 5.26 Å². The van der Waals surface area contributed by atoms with Crippen molar-refractivity contribution < 1.29 is 9.72 Å². The van der Waals surface area contributed by atoms with Crippen LogP contribution >= 0.6 is 0 Å². The fourth-order valence-corrected chi connectivity index (χ4v) is 3.30. The highest BCUT2D eigenvalue weighted by Gasteiger charge is 2.33. The fraction of sp³-hybridized carbons (Fsp3) is 0.700. The second kappa shape index (κ2) is 8.48. The molecule has 132 valence electrons. The van der Waals surface area contributed by atoms with Gasteiger partial charge in [0.1, 0.15) is 17.3 Å². The maximum Gasteiger partial charge on any atom is 0.290 e. The van der Waals surface area contributed by atoms with Gasteiger partial charge in [-0.25, -0.2) is 4.98 Å². The lowest BCUT2D eigenvalue weighted by Crippen LogP contribution is -2.36. The minimum absolute atomic E-state index is 0.207. The van der Waals surface area contributed by atoms with Crippen molar-refractivity contribution in [2.45, 2.75) is 84.8 Å². The number of anilines is 1. The lowest BCUT2D eigenvalue weighted by molar-refractivity contribution is -0.376. The zero-order valence-electron chi connectivity index (χ0n) is 15.7. The summed E-state index contributed by atoms with van der Waals surface area (Å²) in [5.41, 5.74) is 4.19. The van der Waals surface area contributed by atoms with Crippen LogP contribution in [-0.4, -0.2) is 12.1 Å². The van der Waals surface area contributed by atoms with E-state index in [9.17, 15) is 5.26 Å². The molecule has 0 aliphatic carbocycles. The first-order chi connectivity index (χ1) is 11.5. The summed E-state index contributed by atoms with van der Waals surface area (Å²) < 4.78 is 6.02. The SMILES string of the molecule is CCCCCNc1[nH+]c(CCCC)c2c(c1C#N)CC(C)(C)OC2. The summed E-state index contributed by atoms with van der Waals surface area (Å²) in [6.45, 7) is 10.1. The van der Waals surface area contributed by atoms with E-state index in [4.69, 9.17) is 4.74 Å². The van der Waals surface area contributed by atoms with Crippen LogP contribution < -0.4 is 10.3 Å². The summed E-state index contributed by atoms with van der Waals surface area (Å²) in [6, 6.07) is 2.44. The maximum absolute atomic E-state index is 9.76. The summed E-state index contributed by atoms with van der Waals surface area (Å²) in [6.07, 6.45) is 7.66. The number of hydrogen-bond acceptors (Lipinski definition) is 3. The standard InChI is InChI=1S/C20H31N3O/c1-5-7-9-11-22-19-16(13-21)15-12-20(3,4)24-14-17(15)18(23-19)10-8-6-2/h5-12,14H2,1-4H3,(H,22,23)/p+1. The van der Waals surface area contributed by atoms with Gasteiger partial charge in [0, 0.05) is 18.4 Å². The molecule has 0 amide bonds. The molecule has 4 heteroatoms. The number of H-pyrrole nitrogens is 1. The summed E-state index contributed by atoms with van der Waals surface area (Å²) in [5.74, 6) is 0.899. The fourth-order valence-electron chi connectivity index (χ4n) is 3.30. The van der Waals surface area contributed by atoms with Crippen molar-refractivity contribution in [1.82, 2.24) is 0 Å². The zero-order chi connectivity index (χ0) is 17.6. The molecule has 0 aromatic carbocycles. The first kappa shape index (κ1) is 18.7. The molecule has 0 radical (unpaired) electrons. The Hall–Kier alpha value is -1.60. The lowest BCUT2D eigenvalue weighted by Gasteiger charge is -2.32. The minimum atomic E-state index is -0.207. The number of aryl methyl sites for hydroxylation is 1. The number of fused-ring (bicyclic) bond motifs is 1. The number of nitrogens with zero attached hydrogens (tertiary/aromatic N) is 1. The highest BCUT2D eigenvalue weighted by Crippen LogP contribution is 2.33. The molecule has 0 bridgehead atoms. The predicted molar refractivity (Wildman–Crippen MR) is 96.9 cm³/mol. The average molecular weight is 330 g/mol. The van der Waals surface area contributed by atoms with Crippen molar-refractivity contribution in [2.75, 3.05) is 11.9 Å². The van der Waals surface area contributed by atoms with Crippen LogP contribution in [0.1, 0.15) is 82.2 Å². The first-order valence-electron chi connectivity index (χ1n) is 9.40. The zero-order valence-corrected chi connectivity index (χ0v) is 15.7. The molecular formula is C20H32N3O+. The predicted octanol–water partition coefficient (Wildman–Crippen LogP) is 4.17. The van der Waals surface area contributed by atoms with Gasteiger partial charge in [0.2, 0.25) is 0 Å². The number of hydrogen-bond donors (Lipinski definition) is 1. The Kier molecular flexibility index (Phi) is 6.62. The largest absolute Gasteiger partial charge is 0.370 e. The monoisotopic (exact) mass is 330 g/mol. The molecule has 1 aromatic heterocycles. The Morgan fingerprint density at radius 3 is 2.58 bits per heavy atom. The Balaban J connectivity index is 2.37. The topological polar surface area (TPSA) is 59.2 Å². The molecule has 1 aliphatic rings. The van der Waals surface area contributed by atoms with E-state index >= 15 is 0 Å². The summed E-state index contributed by atoms with van der Waals surface area (Å²) in [4.78, 5) is 3.52. The van der Waals surface area contributed by atoms with Gasteiger partial charge in [0.25, 0.3) is 5.82 Å². The van der Waals surface area contributed by atoms with Crippen LogP contribution in [0.4, 0.5) is 5.82 Å². The third-order valence-corrected chi connectivity index (χ3v) is 4.74. The van der Waals surface area contributed by atoms with Gasteiger partial charge in [-0.3, -0.25) is 5.32 Å². The van der Waals surface area contributed by atoms with E-state index in [-0.39, 0.29) is 5.60 Å². The van der Waals surface area contributed by atoms with E-state index in [0.29, 0.717) is 6.61 Å². The molecule has 0 fully saturated rings. The number of nitrogens with one attached hydrogen (secondary N) is 2. The van der Waals surface area contributed by atoms with Crippen LogP contribution in [0.25, 0.3) is 0 Å². The molecule has 0 saturated carbocycles. The minimum Gasteiger partial charge on any atom is -0.370 e. The lowest BCUT2D eigenvalue weighted by atomic mass is 9.87. The van der Waals surface area contributed by atoms with E-state index in [1.165, 1.54) is 29.7 Å². The van der Waals surface area contributed by atoms with Crippen molar-refractivity contribution >= 4 is 5.82 Å². The Labute approximate surface area is 146 Å². The van der Waals surface area contributed by atoms with Crippen LogP contribution in [0.2, 0.25) is 0 Å². The van der Waals surface area contributed by atoms with Gasteiger partial charge in [-0.1, -0.05) is 26.7 Å². The molecule has 0 atom stereocenters. The molecule has 0 saturated heterocycles. The second-order valence-electron chi connectivity index (χ2n) is 7.39. The average Bonchev–Trinajstić information content (AvgIpc) is 2.55. The molecule has 2 heterocycles. The van der Waals surface area contributed by atoms with Crippen molar-refractivity contribution in [2.24, 2.45) is 0 Å². The first-order valence-corrected chi connectivity index (χ1v) is 9.40. The van der Waals surface area contributed by atoms with E-state index < -0.39 is 0 Å². The molecule has 0 spiro atoms. The van der Waals surface area contributed by atoms with Crippen molar-refractivity contribution in [3.05, 3.63) is 22.4 Å². The molecule has 24 heavy (non-hydrogen) atoms.